The molecule has 1 amide bonds. The number of rotatable bonds is 6. The lowest BCUT2D eigenvalue weighted by Gasteiger charge is -2.36. The van der Waals surface area contributed by atoms with Gasteiger partial charge >= 0.3 is 0 Å². The Labute approximate surface area is 214 Å². The van der Waals surface area contributed by atoms with Gasteiger partial charge in [0, 0.05) is 67.7 Å². The summed E-state index contributed by atoms with van der Waals surface area (Å²) < 4.78 is 5.33. The van der Waals surface area contributed by atoms with Crippen LogP contribution in [0.4, 0.5) is 17.1 Å². The van der Waals surface area contributed by atoms with Gasteiger partial charge in [-0.1, -0.05) is 23.2 Å². The van der Waals surface area contributed by atoms with Gasteiger partial charge < -0.3 is 19.4 Å². The Morgan fingerprint density at radius 2 is 1.71 bits per heavy atom. The first-order chi connectivity index (χ1) is 16.9. The maximum absolute atomic E-state index is 12.8. The fourth-order valence-corrected chi connectivity index (χ4v) is 5.21. The fourth-order valence-electron chi connectivity index (χ4n) is 4.62. The van der Waals surface area contributed by atoms with E-state index in [1.807, 2.05) is 6.07 Å². The number of nitro groups is 1. The van der Waals surface area contributed by atoms with Crippen LogP contribution in [0.25, 0.3) is 6.08 Å². The molecule has 2 saturated heterocycles. The van der Waals surface area contributed by atoms with Crippen molar-refractivity contribution in [1.29, 1.82) is 0 Å². The number of anilines is 2. The van der Waals surface area contributed by atoms with Gasteiger partial charge in [0.05, 0.1) is 17.1 Å². The molecule has 0 radical (unpaired) electrons. The van der Waals surface area contributed by atoms with Crippen molar-refractivity contribution in [2.24, 2.45) is 0 Å². The molecule has 8 nitrogen and oxygen atoms in total. The number of piperidine rings is 1. The molecular weight excluding hydrogens is 491 g/mol. The van der Waals surface area contributed by atoms with Crippen molar-refractivity contribution in [2.75, 3.05) is 56.2 Å². The SMILES string of the molecule is COc1c(Cl)cc(Cl)cc1/C=C/C(=O)N1CCN(c2ccc([N+](=O)[O-])c(N3CCCCC3)c2)CC1. The summed E-state index contributed by atoms with van der Waals surface area (Å²) >= 11 is 12.3. The highest BCUT2D eigenvalue weighted by atomic mass is 35.5. The lowest BCUT2D eigenvalue weighted by atomic mass is 10.1. The molecule has 2 aliphatic heterocycles. The highest BCUT2D eigenvalue weighted by molar-refractivity contribution is 6.36. The Kier molecular flexibility index (Phi) is 8.03. The summed E-state index contributed by atoms with van der Waals surface area (Å²) in [6.07, 6.45) is 6.41. The van der Waals surface area contributed by atoms with Crippen molar-refractivity contribution in [3.05, 3.63) is 62.1 Å². The number of hydrogen-bond acceptors (Lipinski definition) is 6. The Balaban J connectivity index is 1.43. The minimum Gasteiger partial charge on any atom is -0.495 e. The molecule has 10 heteroatoms. The highest BCUT2D eigenvalue weighted by Crippen LogP contribution is 2.35. The number of halogens is 2. The molecule has 4 rings (SSSR count). The maximum atomic E-state index is 12.8. The van der Waals surface area contributed by atoms with E-state index in [0.717, 1.165) is 38.0 Å². The van der Waals surface area contributed by atoms with Crippen molar-refractivity contribution >= 4 is 52.2 Å². The lowest BCUT2D eigenvalue weighted by Crippen LogP contribution is -2.48. The Morgan fingerprint density at radius 3 is 2.37 bits per heavy atom. The molecule has 2 fully saturated rings. The van der Waals surface area contributed by atoms with Crippen LogP contribution in [-0.2, 0) is 4.79 Å². The van der Waals surface area contributed by atoms with Crippen molar-refractivity contribution in [3.63, 3.8) is 0 Å². The molecule has 0 saturated carbocycles. The van der Waals surface area contributed by atoms with E-state index >= 15 is 0 Å². The zero-order valence-electron chi connectivity index (χ0n) is 19.6. The summed E-state index contributed by atoms with van der Waals surface area (Å²) in [4.78, 5) is 30.2. The van der Waals surface area contributed by atoms with Gasteiger partial charge in [0.2, 0.25) is 5.91 Å². The molecule has 35 heavy (non-hydrogen) atoms. The minimum absolute atomic E-state index is 0.111. The summed E-state index contributed by atoms with van der Waals surface area (Å²) in [5.74, 6) is 0.355. The highest BCUT2D eigenvalue weighted by Gasteiger charge is 2.25. The van der Waals surface area contributed by atoms with Gasteiger partial charge in [-0.2, -0.15) is 0 Å². The minimum atomic E-state index is -0.307. The summed E-state index contributed by atoms with van der Waals surface area (Å²) in [7, 11) is 1.52. The third-order valence-electron chi connectivity index (χ3n) is 6.46. The summed E-state index contributed by atoms with van der Waals surface area (Å²) in [6.45, 7) is 4.05. The average molecular weight is 519 g/mol. The number of methoxy groups -OCH3 is 1. The number of amides is 1. The molecule has 0 N–H and O–H groups in total. The van der Waals surface area contributed by atoms with Gasteiger partial charge in [0.25, 0.3) is 5.69 Å². The molecule has 0 aliphatic carbocycles. The molecule has 0 spiro atoms. The van der Waals surface area contributed by atoms with E-state index in [1.54, 1.807) is 35.2 Å². The van der Waals surface area contributed by atoms with Crippen LogP contribution < -0.4 is 14.5 Å². The summed E-state index contributed by atoms with van der Waals surface area (Å²) in [5, 5.41) is 12.4. The van der Waals surface area contributed by atoms with Crippen molar-refractivity contribution in [2.45, 2.75) is 19.3 Å². The van der Waals surface area contributed by atoms with Crippen LogP contribution in [0.15, 0.2) is 36.4 Å². The van der Waals surface area contributed by atoms with Crippen LogP contribution in [0, 0.1) is 10.1 Å². The van der Waals surface area contributed by atoms with Crippen molar-refractivity contribution in [1.82, 2.24) is 4.90 Å². The van der Waals surface area contributed by atoms with Crippen LogP contribution in [0.3, 0.4) is 0 Å². The Bertz CT molecular complexity index is 1130. The quantitative estimate of drug-likeness (QED) is 0.294. The van der Waals surface area contributed by atoms with Gasteiger partial charge in [0.1, 0.15) is 11.4 Å². The first-order valence-electron chi connectivity index (χ1n) is 11.7. The van der Waals surface area contributed by atoms with Crippen LogP contribution >= 0.6 is 23.2 Å². The maximum Gasteiger partial charge on any atom is 0.292 e. The van der Waals surface area contributed by atoms with E-state index in [2.05, 4.69) is 9.80 Å². The number of ether oxygens (including phenoxy) is 1. The summed E-state index contributed by atoms with van der Waals surface area (Å²) in [6, 6.07) is 8.62. The van der Waals surface area contributed by atoms with Crippen LogP contribution in [0.2, 0.25) is 10.0 Å². The molecule has 2 aliphatic rings. The largest absolute Gasteiger partial charge is 0.495 e. The molecule has 2 aromatic carbocycles. The van der Waals surface area contributed by atoms with Crippen LogP contribution in [0.5, 0.6) is 5.75 Å². The average Bonchev–Trinajstić information content (AvgIpc) is 2.87. The van der Waals surface area contributed by atoms with E-state index in [0.29, 0.717) is 53.2 Å². The molecule has 0 aromatic heterocycles. The monoisotopic (exact) mass is 518 g/mol. The first kappa shape index (κ1) is 25.1. The lowest BCUT2D eigenvalue weighted by molar-refractivity contribution is -0.384. The molecule has 2 heterocycles. The topological polar surface area (TPSA) is 79.2 Å². The third-order valence-corrected chi connectivity index (χ3v) is 6.95. The number of carbonyl (C=O) groups is 1. The van der Waals surface area contributed by atoms with Crippen LogP contribution in [0.1, 0.15) is 24.8 Å². The predicted octanol–water partition coefficient (Wildman–Crippen LogP) is 5.26. The molecule has 0 unspecified atom stereocenters. The zero-order chi connectivity index (χ0) is 24.9. The zero-order valence-corrected chi connectivity index (χ0v) is 21.1. The van der Waals surface area contributed by atoms with E-state index in [-0.39, 0.29) is 16.5 Å². The first-order valence-corrected chi connectivity index (χ1v) is 12.4. The number of hydrogen-bond donors (Lipinski definition) is 0. The van der Waals surface area contributed by atoms with E-state index in [4.69, 9.17) is 27.9 Å². The van der Waals surface area contributed by atoms with Gasteiger partial charge in [-0.05, 0) is 49.6 Å². The van der Waals surface area contributed by atoms with Crippen molar-refractivity contribution in [3.8, 4) is 5.75 Å². The normalized spacial score (nSPS) is 16.6. The summed E-state index contributed by atoms with van der Waals surface area (Å²) in [5.41, 5.74) is 2.40. The van der Waals surface area contributed by atoms with E-state index in [1.165, 1.54) is 13.2 Å². The van der Waals surface area contributed by atoms with Crippen LogP contribution in [-0.4, -0.2) is 62.1 Å². The van der Waals surface area contributed by atoms with Gasteiger partial charge in [-0.15, -0.1) is 0 Å². The second-order valence-corrected chi connectivity index (χ2v) is 9.48. The number of benzene rings is 2. The van der Waals surface area contributed by atoms with Gasteiger partial charge in [-0.25, -0.2) is 0 Å². The fraction of sp³-hybridized carbons (Fsp3) is 0.400. The molecule has 0 atom stereocenters. The Hall–Kier alpha value is -2.97. The number of nitro benzene ring substituents is 1. The van der Waals surface area contributed by atoms with Gasteiger partial charge in [0.15, 0.2) is 0 Å². The predicted molar refractivity (Wildman–Crippen MR) is 140 cm³/mol. The van der Waals surface area contributed by atoms with Crippen molar-refractivity contribution < 1.29 is 14.5 Å². The molecule has 0 bridgehead atoms. The molecule has 2 aromatic rings. The number of carbonyl (C=O) groups excluding carboxylic acids is 1. The third kappa shape index (κ3) is 5.82. The molecular formula is C25H28Cl2N4O4. The second-order valence-electron chi connectivity index (χ2n) is 8.63. The van der Waals surface area contributed by atoms with Gasteiger partial charge in [-0.3, -0.25) is 14.9 Å². The number of piperazine rings is 1. The smallest absolute Gasteiger partial charge is 0.292 e. The number of nitrogens with zero attached hydrogens (tertiary/aromatic N) is 4. The molecule has 186 valence electrons. The standard InChI is InChI=1S/C25H28Cl2N4O4/c1-35-25-18(15-19(26)16-21(25)27)5-8-24(32)30-13-11-28(12-14-30)20-6-7-22(31(33)34)23(17-20)29-9-3-2-4-10-29/h5-8,15-17H,2-4,9-14H2,1H3/b8-5+. The van der Waals surface area contributed by atoms with E-state index < -0.39 is 0 Å². The van der Waals surface area contributed by atoms with E-state index in [9.17, 15) is 14.9 Å². The Morgan fingerprint density at radius 1 is 1.00 bits per heavy atom. The second kappa shape index (κ2) is 11.2.